The van der Waals surface area contributed by atoms with E-state index in [1.54, 1.807) is 0 Å². The molecule has 5 heteroatoms. The zero-order valence-corrected chi connectivity index (χ0v) is 9.26. The lowest BCUT2D eigenvalue weighted by molar-refractivity contribution is 0.479. The van der Waals surface area contributed by atoms with Gasteiger partial charge in [-0.05, 0) is 31.5 Å². The molecule has 1 aromatic rings. The average Bonchev–Trinajstić information content (AvgIpc) is 2.30. The van der Waals surface area contributed by atoms with Crippen molar-refractivity contribution in [3.8, 4) is 6.07 Å². The molecule has 2 N–H and O–H groups in total. The largest absolute Gasteiger partial charge is 0.381 e. The molecule has 0 saturated carbocycles. The molecule has 17 heavy (non-hydrogen) atoms. The third-order valence-electron chi connectivity index (χ3n) is 2.82. The molecule has 1 aliphatic heterocycles. The van der Waals surface area contributed by atoms with Crippen molar-refractivity contribution in [3.05, 3.63) is 29.3 Å². The third kappa shape index (κ3) is 2.71. The van der Waals surface area contributed by atoms with Crippen LogP contribution in [0, 0.1) is 23.0 Å². The van der Waals surface area contributed by atoms with E-state index in [9.17, 15) is 8.78 Å². The Morgan fingerprint density at radius 1 is 1.35 bits per heavy atom. The summed E-state index contributed by atoms with van der Waals surface area (Å²) >= 11 is 0. The van der Waals surface area contributed by atoms with E-state index < -0.39 is 17.2 Å². The number of anilines is 1. The van der Waals surface area contributed by atoms with Crippen LogP contribution in [-0.4, -0.2) is 19.1 Å². The first-order valence-corrected chi connectivity index (χ1v) is 5.57. The van der Waals surface area contributed by atoms with E-state index in [1.165, 1.54) is 6.07 Å². The van der Waals surface area contributed by atoms with Gasteiger partial charge in [0.2, 0.25) is 0 Å². The molecule has 1 saturated heterocycles. The minimum Gasteiger partial charge on any atom is -0.381 e. The lowest BCUT2D eigenvalue weighted by atomic mass is 10.1. The van der Waals surface area contributed by atoms with Gasteiger partial charge in [0.25, 0.3) is 0 Å². The third-order valence-corrected chi connectivity index (χ3v) is 2.82. The van der Waals surface area contributed by atoms with Crippen molar-refractivity contribution in [3.63, 3.8) is 0 Å². The van der Waals surface area contributed by atoms with E-state index >= 15 is 0 Å². The summed E-state index contributed by atoms with van der Waals surface area (Å²) in [6, 6.07) is 4.01. The molecule has 0 bridgehead atoms. The Bertz CT molecular complexity index is 425. The predicted octanol–water partition coefficient (Wildman–Crippen LogP) is 2.00. The Balaban J connectivity index is 2.14. The van der Waals surface area contributed by atoms with Crippen molar-refractivity contribution in [2.45, 2.75) is 18.9 Å². The highest BCUT2D eigenvalue weighted by Crippen LogP contribution is 2.19. The van der Waals surface area contributed by atoms with Crippen LogP contribution >= 0.6 is 0 Å². The molecular formula is C12H13F2N3. The number of benzene rings is 1. The molecule has 0 spiro atoms. The summed E-state index contributed by atoms with van der Waals surface area (Å²) in [6.45, 7) is 1.76. The van der Waals surface area contributed by atoms with Crippen molar-refractivity contribution in [1.82, 2.24) is 5.32 Å². The van der Waals surface area contributed by atoms with Crippen LogP contribution in [-0.2, 0) is 0 Å². The molecule has 1 aliphatic rings. The van der Waals surface area contributed by atoms with E-state index in [2.05, 4.69) is 10.6 Å². The standard InChI is InChI=1S/C12H13F2N3/c13-11-4-9(5-12(14)10(11)6-15)17-8-2-1-3-16-7-8/h4-5,8,16-17H,1-3,7H2. The van der Waals surface area contributed by atoms with Crippen molar-refractivity contribution in [2.75, 3.05) is 18.4 Å². The van der Waals surface area contributed by atoms with Gasteiger partial charge in [0.15, 0.2) is 0 Å². The summed E-state index contributed by atoms with van der Waals surface area (Å²) in [7, 11) is 0. The van der Waals surface area contributed by atoms with Gasteiger partial charge in [-0.3, -0.25) is 0 Å². The van der Waals surface area contributed by atoms with Crippen LogP contribution in [0.5, 0.6) is 0 Å². The van der Waals surface area contributed by atoms with Gasteiger partial charge < -0.3 is 10.6 Å². The first-order chi connectivity index (χ1) is 8.20. The Kier molecular flexibility index (Phi) is 3.55. The van der Waals surface area contributed by atoms with Gasteiger partial charge in [0.1, 0.15) is 23.3 Å². The minimum absolute atomic E-state index is 0.176. The SMILES string of the molecule is N#Cc1c(F)cc(NC2CCCNC2)cc1F. The maximum Gasteiger partial charge on any atom is 0.146 e. The smallest absolute Gasteiger partial charge is 0.146 e. The second-order valence-electron chi connectivity index (χ2n) is 4.11. The summed E-state index contributed by atoms with van der Waals surface area (Å²) in [5.41, 5.74) is -0.148. The van der Waals surface area contributed by atoms with Crippen molar-refractivity contribution < 1.29 is 8.78 Å². The summed E-state index contributed by atoms with van der Waals surface area (Å²) in [4.78, 5) is 0. The number of nitrogens with one attached hydrogen (secondary N) is 2. The first kappa shape index (κ1) is 11.8. The van der Waals surface area contributed by atoms with E-state index in [0.717, 1.165) is 38.1 Å². The molecule has 2 rings (SSSR count). The second-order valence-corrected chi connectivity index (χ2v) is 4.11. The van der Waals surface area contributed by atoms with Crippen LogP contribution in [0.3, 0.4) is 0 Å². The maximum atomic E-state index is 13.3. The highest BCUT2D eigenvalue weighted by Gasteiger charge is 2.15. The van der Waals surface area contributed by atoms with Gasteiger partial charge in [-0.1, -0.05) is 0 Å². The topological polar surface area (TPSA) is 47.9 Å². The second kappa shape index (κ2) is 5.11. The van der Waals surface area contributed by atoms with Gasteiger partial charge in [-0.2, -0.15) is 5.26 Å². The van der Waals surface area contributed by atoms with E-state index in [-0.39, 0.29) is 6.04 Å². The van der Waals surface area contributed by atoms with Crippen molar-refractivity contribution in [2.24, 2.45) is 0 Å². The fourth-order valence-corrected chi connectivity index (χ4v) is 1.97. The summed E-state index contributed by atoms with van der Waals surface area (Å²) in [5, 5.41) is 14.8. The Morgan fingerprint density at radius 3 is 2.59 bits per heavy atom. The van der Waals surface area contributed by atoms with E-state index in [0.29, 0.717) is 5.69 Å². The fourth-order valence-electron chi connectivity index (χ4n) is 1.97. The van der Waals surface area contributed by atoms with Crippen LogP contribution < -0.4 is 10.6 Å². The molecule has 1 fully saturated rings. The number of hydrogen-bond acceptors (Lipinski definition) is 3. The van der Waals surface area contributed by atoms with Crippen molar-refractivity contribution in [1.29, 1.82) is 5.26 Å². The molecule has 0 aliphatic carbocycles. The quantitative estimate of drug-likeness (QED) is 0.827. The number of nitriles is 1. The molecule has 1 aromatic carbocycles. The molecule has 3 nitrogen and oxygen atoms in total. The van der Waals surface area contributed by atoms with Crippen LogP contribution in [0.25, 0.3) is 0 Å². The predicted molar refractivity (Wildman–Crippen MR) is 60.6 cm³/mol. The number of rotatable bonds is 2. The zero-order chi connectivity index (χ0) is 12.3. The zero-order valence-electron chi connectivity index (χ0n) is 9.26. The molecule has 1 heterocycles. The average molecular weight is 237 g/mol. The Labute approximate surface area is 98.4 Å². The Morgan fingerprint density at radius 2 is 2.06 bits per heavy atom. The molecule has 1 atom stereocenters. The van der Waals surface area contributed by atoms with Crippen molar-refractivity contribution >= 4 is 5.69 Å². The highest BCUT2D eigenvalue weighted by atomic mass is 19.1. The summed E-state index contributed by atoms with van der Waals surface area (Å²) < 4.78 is 26.7. The van der Waals surface area contributed by atoms with Crippen LogP contribution in [0.2, 0.25) is 0 Å². The molecule has 0 amide bonds. The van der Waals surface area contributed by atoms with Gasteiger partial charge in [0.05, 0.1) is 0 Å². The molecule has 0 aromatic heterocycles. The molecular weight excluding hydrogens is 224 g/mol. The maximum absolute atomic E-state index is 13.3. The lowest BCUT2D eigenvalue weighted by Crippen LogP contribution is -2.38. The van der Waals surface area contributed by atoms with E-state index in [4.69, 9.17) is 5.26 Å². The van der Waals surface area contributed by atoms with Gasteiger partial charge >= 0.3 is 0 Å². The van der Waals surface area contributed by atoms with Crippen LogP contribution in [0.4, 0.5) is 14.5 Å². The van der Waals surface area contributed by atoms with Gasteiger partial charge in [0, 0.05) is 18.3 Å². The molecule has 1 unspecified atom stereocenters. The molecule has 0 radical (unpaired) electrons. The summed E-state index contributed by atoms with van der Waals surface area (Å²) in [5.74, 6) is -1.64. The number of piperidine rings is 1. The van der Waals surface area contributed by atoms with Crippen LogP contribution in [0.1, 0.15) is 18.4 Å². The normalized spacial score (nSPS) is 19.7. The lowest BCUT2D eigenvalue weighted by Gasteiger charge is -2.24. The Hall–Kier alpha value is -1.67. The first-order valence-electron chi connectivity index (χ1n) is 5.57. The monoisotopic (exact) mass is 237 g/mol. The minimum atomic E-state index is -0.821. The highest BCUT2D eigenvalue weighted by molar-refractivity contribution is 5.49. The number of hydrogen-bond donors (Lipinski definition) is 2. The fraction of sp³-hybridized carbons (Fsp3) is 0.417. The number of nitrogens with zero attached hydrogens (tertiary/aromatic N) is 1. The molecule has 90 valence electrons. The van der Waals surface area contributed by atoms with Crippen LogP contribution in [0.15, 0.2) is 12.1 Å². The van der Waals surface area contributed by atoms with Gasteiger partial charge in [-0.15, -0.1) is 0 Å². The summed E-state index contributed by atoms with van der Waals surface area (Å²) in [6.07, 6.45) is 2.01. The van der Waals surface area contributed by atoms with Gasteiger partial charge in [-0.25, -0.2) is 8.78 Å². The number of halogens is 2. The van der Waals surface area contributed by atoms with E-state index in [1.807, 2.05) is 0 Å².